The maximum absolute atomic E-state index is 5.05. The zero-order chi connectivity index (χ0) is 11.8. The predicted molar refractivity (Wildman–Crippen MR) is 66.8 cm³/mol. The van der Waals surface area contributed by atoms with Gasteiger partial charge in [-0.15, -0.1) is 0 Å². The Balaban J connectivity index is 2.19. The van der Waals surface area contributed by atoms with Gasteiger partial charge in [-0.3, -0.25) is 4.98 Å². The zero-order valence-corrected chi connectivity index (χ0v) is 10.3. The van der Waals surface area contributed by atoms with Crippen LogP contribution in [0.2, 0.25) is 0 Å². The number of nitrogens with zero attached hydrogens (tertiary/aromatic N) is 1. The molecule has 1 aromatic heterocycles. The molecule has 0 bridgehead atoms. The topological polar surface area (TPSA) is 46.2 Å². The molecule has 1 heterocycles. The van der Waals surface area contributed by atoms with Gasteiger partial charge >= 0.3 is 0 Å². The van der Waals surface area contributed by atoms with Gasteiger partial charge < -0.3 is 15.4 Å². The van der Waals surface area contributed by atoms with Crippen molar-refractivity contribution < 1.29 is 4.74 Å². The Morgan fingerprint density at radius 3 is 2.94 bits per heavy atom. The first kappa shape index (κ1) is 12.9. The molecule has 0 aliphatic rings. The van der Waals surface area contributed by atoms with E-state index in [9.17, 15) is 0 Å². The van der Waals surface area contributed by atoms with E-state index in [-0.39, 0.29) is 0 Å². The predicted octanol–water partition coefficient (Wildman–Crippen LogP) is 1.43. The molecule has 1 rings (SSSR count). The van der Waals surface area contributed by atoms with Crippen LogP contribution in [0.25, 0.3) is 0 Å². The van der Waals surface area contributed by atoms with Crippen molar-refractivity contribution in [2.24, 2.45) is 0 Å². The summed E-state index contributed by atoms with van der Waals surface area (Å²) in [5.41, 5.74) is 2.32. The molecular weight excluding hydrogens is 202 g/mol. The number of anilines is 1. The van der Waals surface area contributed by atoms with Crippen LogP contribution in [0.5, 0.6) is 0 Å². The van der Waals surface area contributed by atoms with Crippen molar-refractivity contribution in [2.45, 2.75) is 19.9 Å². The number of pyridine rings is 1. The van der Waals surface area contributed by atoms with Gasteiger partial charge in [-0.25, -0.2) is 0 Å². The van der Waals surface area contributed by atoms with Crippen LogP contribution in [-0.2, 0) is 4.74 Å². The molecule has 0 fully saturated rings. The Bertz CT molecular complexity index is 304. The van der Waals surface area contributed by atoms with Crippen LogP contribution in [0.4, 0.5) is 5.69 Å². The molecule has 1 aromatic rings. The zero-order valence-electron chi connectivity index (χ0n) is 10.3. The lowest BCUT2D eigenvalue weighted by Crippen LogP contribution is -2.33. The smallest absolute Gasteiger partial charge is 0.0613 e. The average molecular weight is 223 g/mol. The lowest BCUT2D eigenvalue weighted by atomic mass is 10.2. The number of aromatic nitrogens is 1. The Morgan fingerprint density at radius 2 is 2.25 bits per heavy atom. The Hall–Kier alpha value is -1.13. The number of nitrogens with one attached hydrogen (secondary N) is 2. The lowest BCUT2D eigenvalue weighted by Gasteiger charge is -2.14. The first-order valence-electron chi connectivity index (χ1n) is 5.61. The third kappa shape index (κ3) is 4.59. The van der Waals surface area contributed by atoms with Crippen LogP contribution in [0.3, 0.4) is 0 Å². The molecule has 0 aliphatic heterocycles. The highest BCUT2D eigenvalue weighted by Gasteiger charge is 1.99. The van der Waals surface area contributed by atoms with Crippen molar-refractivity contribution in [3.63, 3.8) is 0 Å². The maximum Gasteiger partial charge on any atom is 0.0613 e. The number of methoxy groups -OCH3 is 1. The van der Waals surface area contributed by atoms with E-state index < -0.39 is 0 Å². The summed E-state index contributed by atoms with van der Waals surface area (Å²) in [6.45, 7) is 6.73. The van der Waals surface area contributed by atoms with Gasteiger partial charge in [0.15, 0.2) is 0 Å². The fraction of sp³-hybridized carbons (Fsp3) is 0.583. The van der Waals surface area contributed by atoms with E-state index in [1.165, 1.54) is 5.56 Å². The lowest BCUT2D eigenvalue weighted by molar-refractivity contribution is 0.173. The van der Waals surface area contributed by atoms with Crippen molar-refractivity contribution in [1.82, 2.24) is 10.3 Å². The molecule has 0 saturated carbocycles. The van der Waals surface area contributed by atoms with Crippen LogP contribution in [0.1, 0.15) is 12.5 Å². The minimum atomic E-state index is 0.394. The van der Waals surface area contributed by atoms with E-state index in [1.807, 2.05) is 12.3 Å². The van der Waals surface area contributed by atoms with Gasteiger partial charge in [0.25, 0.3) is 0 Å². The number of hydrogen-bond acceptors (Lipinski definition) is 4. The Kier molecular flexibility index (Phi) is 5.82. The monoisotopic (exact) mass is 223 g/mol. The molecular formula is C12H21N3O. The second kappa shape index (κ2) is 7.19. The van der Waals surface area contributed by atoms with Gasteiger partial charge in [-0.2, -0.15) is 0 Å². The summed E-state index contributed by atoms with van der Waals surface area (Å²) in [5.74, 6) is 0. The summed E-state index contributed by atoms with van der Waals surface area (Å²) in [6.07, 6.45) is 3.67. The highest BCUT2D eigenvalue weighted by Crippen LogP contribution is 2.10. The molecule has 4 nitrogen and oxygen atoms in total. The van der Waals surface area contributed by atoms with Crippen molar-refractivity contribution in [3.05, 3.63) is 24.0 Å². The van der Waals surface area contributed by atoms with E-state index in [2.05, 4.69) is 29.5 Å². The Labute approximate surface area is 97.4 Å². The second-order valence-corrected chi connectivity index (χ2v) is 3.93. The van der Waals surface area contributed by atoms with Crippen LogP contribution in [0, 0.1) is 6.92 Å². The number of ether oxygens (including phenoxy) is 1. The molecule has 0 aromatic carbocycles. The first-order chi connectivity index (χ1) is 7.74. The molecule has 2 N–H and O–H groups in total. The molecule has 0 spiro atoms. The van der Waals surface area contributed by atoms with Crippen LogP contribution >= 0.6 is 0 Å². The van der Waals surface area contributed by atoms with Crippen molar-refractivity contribution >= 4 is 5.69 Å². The second-order valence-electron chi connectivity index (χ2n) is 3.93. The molecule has 0 saturated heterocycles. The first-order valence-corrected chi connectivity index (χ1v) is 5.61. The molecule has 0 unspecified atom stereocenters. The van der Waals surface area contributed by atoms with E-state index in [4.69, 9.17) is 4.74 Å². The van der Waals surface area contributed by atoms with E-state index in [0.717, 1.165) is 25.4 Å². The van der Waals surface area contributed by atoms with Crippen LogP contribution in [-0.4, -0.2) is 37.8 Å². The number of hydrogen-bond donors (Lipinski definition) is 2. The fourth-order valence-corrected chi connectivity index (χ4v) is 1.50. The maximum atomic E-state index is 5.05. The summed E-state index contributed by atoms with van der Waals surface area (Å²) in [6, 6.07) is 2.39. The normalized spacial score (nSPS) is 12.4. The van der Waals surface area contributed by atoms with E-state index >= 15 is 0 Å². The van der Waals surface area contributed by atoms with Gasteiger partial charge in [0.05, 0.1) is 6.61 Å². The minimum absolute atomic E-state index is 0.394. The molecule has 16 heavy (non-hydrogen) atoms. The van der Waals surface area contributed by atoms with E-state index in [0.29, 0.717) is 6.04 Å². The minimum Gasteiger partial charge on any atom is -0.383 e. The van der Waals surface area contributed by atoms with E-state index in [1.54, 1.807) is 13.3 Å². The van der Waals surface area contributed by atoms with Crippen molar-refractivity contribution in [3.8, 4) is 0 Å². The van der Waals surface area contributed by atoms with Crippen LogP contribution < -0.4 is 10.6 Å². The fourth-order valence-electron chi connectivity index (χ4n) is 1.50. The average Bonchev–Trinajstić information content (AvgIpc) is 2.27. The third-order valence-corrected chi connectivity index (χ3v) is 2.37. The largest absolute Gasteiger partial charge is 0.383 e. The highest BCUT2D eigenvalue weighted by molar-refractivity contribution is 5.48. The molecule has 0 amide bonds. The molecule has 1 atom stereocenters. The quantitative estimate of drug-likeness (QED) is 0.686. The van der Waals surface area contributed by atoms with Crippen molar-refractivity contribution in [1.29, 1.82) is 0 Å². The number of rotatable bonds is 7. The summed E-state index contributed by atoms with van der Waals surface area (Å²) in [4.78, 5) is 4.05. The van der Waals surface area contributed by atoms with Gasteiger partial charge in [0.1, 0.15) is 0 Å². The number of aryl methyl sites for hydroxylation is 1. The molecule has 90 valence electrons. The van der Waals surface area contributed by atoms with Crippen LogP contribution in [0.15, 0.2) is 18.5 Å². The summed E-state index contributed by atoms with van der Waals surface area (Å²) < 4.78 is 5.05. The summed E-state index contributed by atoms with van der Waals surface area (Å²) >= 11 is 0. The molecule has 0 aliphatic carbocycles. The van der Waals surface area contributed by atoms with Gasteiger partial charge in [0.2, 0.25) is 0 Å². The van der Waals surface area contributed by atoms with Gasteiger partial charge in [0, 0.05) is 44.3 Å². The Morgan fingerprint density at radius 1 is 1.44 bits per heavy atom. The standard InChI is InChI=1S/C12H21N3O/c1-10-8-13-5-4-12(10)15-7-6-14-11(2)9-16-3/h4-5,8,11,14H,6-7,9H2,1-3H3,(H,13,15)/t11-/m1/s1. The molecule has 0 radical (unpaired) electrons. The SMILES string of the molecule is COC[C@@H](C)NCCNc1ccncc1C. The van der Waals surface area contributed by atoms with Crippen molar-refractivity contribution in [2.75, 3.05) is 32.1 Å². The summed E-state index contributed by atoms with van der Waals surface area (Å²) in [5, 5.41) is 6.74. The van der Waals surface area contributed by atoms with Gasteiger partial charge in [-0.05, 0) is 25.5 Å². The summed E-state index contributed by atoms with van der Waals surface area (Å²) in [7, 11) is 1.72. The third-order valence-electron chi connectivity index (χ3n) is 2.37. The molecule has 4 heteroatoms. The highest BCUT2D eigenvalue weighted by atomic mass is 16.5. The van der Waals surface area contributed by atoms with Gasteiger partial charge in [-0.1, -0.05) is 0 Å².